The zero-order valence-corrected chi connectivity index (χ0v) is 16.7. The van der Waals surface area contributed by atoms with Crippen molar-refractivity contribution in [1.82, 2.24) is 9.55 Å². The monoisotopic (exact) mass is 396 g/mol. The summed E-state index contributed by atoms with van der Waals surface area (Å²) in [7, 11) is 1.87. The first-order valence-corrected chi connectivity index (χ1v) is 10.0. The number of aryl methyl sites for hydroxylation is 1. The van der Waals surface area contributed by atoms with Gasteiger partial charge in [-0.2, -0.15) is 0 Å². The molecule has 1 unspecified atom stereocenters. The van der Waals surface area contributed by atoms with Gasteiger partial charge in [0.05, 0.1) is 11.5 Å². The van der Waals surface area contributed by atoms with Gasteiger partial charge in [-0.3, -0.25) is 4.79 Å². The van der Waals surface area contributed by atoms with Crippen LogP contribution in [0, 0.1) is 0 Å². The second-order valence-corrected chi connectivity index (χ2v) is 7.63. The molecule has 6 heteroatoms. The van der Waals surface area contributed by atoms with Gasteiger partial charge in [0.15, 0.2) is 10.9 Å². The molecule has 0 amide bonds. The number of carbonyl (C=O) groups excluding carboxylic acids is 1. The maximum absolute atomic E-state index is 12.8. The molecule has 1 N–H and O–H groups in total. The maximum atomic E-state index is 12.8. The summed E-state index contributed by atoms with van der Waals surface area (Å²) in [4.78, 5) is 17.5. The van der Waals surface area contributed by atoms with Crippen molar-refractivity contribution < 1.29 is 14.6 Å². The normalized spacial score (nSPS) is 20.4. The van der Waals surface area contributed by atoms with Crippen molar-refractivity contribution in [2.45, 2.75) is 30.0 Å². The fraction of sp³-hybridized carbons (Fsp3) is 0.273. The Kier molecular flexibility index (Phi) is 6.54. The van der Waals surface area contributed by atoms with Crippen molar-refractivity contribution in [3.8, 4) is 5.75 Å². The van der Waals surface area contributed by atoms with Gasteiger partial charge in [-0.25, -0.2) is 4.98 Å². The number of allylic oxidation sites excluding steroid dienone is 3. The van der Waals surface area contributed by atoms with Gasteiger partial charge >= 0.3 is 0 Å². The predicted octanol–water partition coefficient (Wildman–Crippen LogP) is 4.07. The van der Waals surface area contributed by atoms with E-state index in [1.165, 1.54) is 11.8 Å². The SMILES string of the molecule is C=C/C=C1\C(=O)C(Sc2nccn2C)=CC1(O)CCCCOc1ccccc1. The molecule has 0 spiro atoms. The molecule has 0 fully saturated rings. The fourth-order valence-electron chi connectivity index (χ4n) is 3.06. The van der Waals surface area contributed by atoms with E-state index >= 15 is 0 Å². The van der Waals surface area contributed by atoms with Gasteiger partial charge < -0.3 is 14.4 Å². The highest BCUT2D eigenvalue weighted by Crippen LogP contribution is 2.41. The number of rotatable bonds is 9. The van der Waals surface area contributed by atoms with Crippen molar-refractivity contribution in [2.75, 3.05) is 6.61 Å². The molecular weight excluding hydrogens is 372 g/mol. The first-order chi connectivity index (χ1) is 13.5. The number of nitrogens with zero attached hydrogens (tertiary/aromatic N) is 2. The van der Waals surface area contributed by atoms with E-state index in [4.69, 9.17) is 4.74 Å². The Bertz CT molecular complexity index is 902. The van der Waals surface area contributed by atoms with E-state index in [1.807, 2.05) is 48.1 Å². The maximum Gasteiger partial charge on any atom is 0.198 e. The van der Waals surface area contributed by atoms with Crippen molar-refractivity contribution in [2.24, 2.45) is 7.05 Å². The Balaban J connectivity index is 1.62. The third kappa shape index (κ3) is 4.64. The first-order valence-electron chi connectivity index (χ1n) is 9.19. The molecule has 1 aliphatic carbocycles. The number of Topliss-reactive ketones (excluding diaryl/α,β-unsaturated/α-hetero) is 1. The summed E-state index contributed by atoms with van der Waals surface area (Å²) < 4.78 is 7.53. The van der Waals surface area contributed by atoms with Crippen LogP contribution in [0.25, 0.3) is 0 Å². The largest absolute Gasteiger partial charge is 0.494 e. The van der Waals surface area contributed by atoms with E-state index in [-0.39, 0.29) is 5.78 Å². The topological polar surface area (TPSA) is 64.4 Å². The van der Waals surface area contributed by atoms with Crippen molar-refractivity contribution in [3.63, 3.8) is 0 Å². The lowest BCUT2D eigenvalue weighted by Crippen LogP contribution is -2.28. The zero-order chi connectivity index (χ0) is 20.0. The molecule has 5 nitrogen and oxygen atoms in total. The molecule has 0 bridgehead atoms. The Morgan fingerprint density at radius 2 is 2.11 bits per heavy atom. The Morgan fingerprint density at radius 1 is 1.32 bits per heavy atom. The van der Waals surface area contributed by atoms with E-state index in [2.05, 4.69) is 11.6 Å². The van der Waals surface area contributed by atoms with Crippen LogP contribution >= 0.6 is 11.8 Å². The fourth-order valence-corrected chi connectivity index (χ4v) is 4.03. The number of ether oxygens (including phenoxy) is 1. The van der Waals surface area contributed by atoms with Crippen LogP contribution in [0.2, 0.25) is 0 Å². The first kappa shape index (κ1) is 20.2. The lowest BCUT2D eigenvalue weighted by molar-refractivity contribution is -0.112. The summed E-state index contributed by atoms with van der Waals surface area (Å²) in [5.41, 5.74) is -0.922. The number of para-hydroxylation sites is 1. The number of hydrogen-bond donors (Lipinski definition) is 1. The molecule has 1 heterocycles. The number of unbranched alkanes of at least 4 members (excludes halogenated alkanes) is 1. The minimum atomic E-state index is -1.29. The van der Waals surface area contributed by atoms with E-state index in [0.717, 1.165) is 18.6 Å². The number of benzene rings is 1. The van der Waals surface area contributed by atoms with Crippen molar-refractivity contribution in [3.05, 3.63) is 78.0 Å². The average Bonchev–Trinajstić information content (AvgIpc) is 3.19. The number of hydrogen-bond acceptors (Lipinski definition) is 5. The molecule has 28 heavy (non-hydrogen) atoms. The third-order valence-corrected chi connectivity index (χ3v) is 5.63. The molecule has 1 aromatic heterocycles. The second kappa shape index (κ2) is 9.08. The van der Waals surface area contributed by atoms with Crippen LogP contribution in [-0.2, 0) is 11.8 Å². The number of ketones is 1. The predicted molar refractivity (Wildman–Crippen MR) is 111 cm³/mol. The second-order valence-electron chi connectivity index (χ2n) is 6.62. The van der Waals surface area contributed by atoms with E-state index < -0.39 is 5.60 Å². The van der Waals surface area contributed by atoms with Gasteiger partial charge in [0.2, 0.25) is 0 Å². The summed E-state index contributed by atoms with van der Waals surface area (Å²) in [6.07, 6.45) is 10.3. The van der Waals surface area contributed by atoms with Gasteiger partial charge in [-0.1, -0.05) is 36.9 Å². The van der Waals surface area contributed by atoms with Gasteiger partial charge in [0.25, 0.3) is 0 Å². The van der Waals surface area contributed by atoms with Crippen LogP contribution in [0.1, 0.15) is 19.3 Å². The van der Waals surface area contributed by atoms with Gasteiger partial charge in [-0.05, 0) is 49.2 Å². The van der Waals surface area contributed by atoms with Crippen molar-refractivity contribution >= 4 is 17.5 Å². The molecule has 1 aromatic carbocycles. The molecular formula is C22H24N2O3S. The van der Waals surface area contributed by atoms with Crippen LogP contribution in [0.4, 0.5) is 0 Å². The highest BCUT2D eigenvalue weighted by atomic mass is 32.2. The smallest absolute Gasteiger partial charge is 0.198 e. The lowest BCUT2D eigenvalue weighted by Gasteiger charge is -2.22. The number of aromatic nitrogens is 2. The van der Waals surface area contributed by atoms with Gasteiger partial charge in [-0.15, -0.1) is 0 Å². The standard InChI is InChI=1S/C22H24N2O3S/c1-3-9-18-20(25)19(28-21-23-13-14-24(21)2)16-22(18,26)12-7-8-15-27-17-10-5-4-6-11-17/h3-6,9-11,13-14,16,26H,1,7-8,12,15H2,2H3/b18-9+. The molecule has 0 aliphatic heterocycles. The van der Waals surface area contributed by atoms with E-state index in [9.17, 15) is 9.90 Å². The zero-order valence-electron chi connectivity index (χ0n) is 15.9. The molecule has 1 atom stereocenters. The summed E-state index contributed by atoms with van der Waals surface area (Å²) >= 11 is 1.27. The van der Waals surface area contributed by atoms with Crippen LogP contribution in [0.5, 0.6) is 5.75 Å². The highest BCUT2D eigenvalue weighted by molar-refractivity contribution is 8.03. The number of thioether (sulfide) groups is 1. The quantitative estimate of drug-likeness (QED) is 0.511. The third-order valence-electron chi connectivity index (χ3n) is 4.53. The number of imidazole rings is 1. The molecule has 146 valence electrons. The van der Waals surface area contributed by atoms with Crippen LogP contribution < -0.4 is 4.74 Å². The number of carbonyl (C=O) groups is 1. The summed E-state index contributed by atoms with van der Waals surface area (Å²) in [5.74, 6) is 0.661. The minimum Gasteiger partial charge on any atom is -0.494 e. The number of aliphatic hydroxyl groups is 1. The Morgan fingerprint density at radius 3 is 2.79 bits per heavy atom. The molecule has 0 saturated carbocycles. The van der Waals surface area contributed by atoms with Gasteiger partial charge in [0.1, 0.15) is 11.4 Å². The minimum absolute atomic E-state index is 0.170. The van der Waals surface area contributed by atoms with Crippen LogP contribution in [0.3, 0.4) is 0 Å². The summed E-state index contributed by atoms with van der Waals surface area (Å²) in [6, 6.07) is 9.63. The lowest BCUT2D eigenvalue weighted by atomic mass is 9.90. The van der Waals surface area contributed by atoms with Crippen molar-refractivity contribution in [1.29, 1.82) is 0 Å². The average molecular weight is 397 g/mol. The van der Waals surface area contributed by atoms with Crippen LogP contribution in [0.15, 0.2) is 83.2 Å². The molecule has 0 saturated heterocycles. The molecule has 0 radical (unpaired) electrons. The molecule has 2 aromatic rings. The van der Waals surface area contributed by atoms with E-state index in [0.29, 0.717) is 28.7 Å². The Hall–Kier alpha value is -2.57. The summed E-state index contributed by atoms with van der Waals surface area (Å²) in [6.45, 7) is 4.24. The molecule has 1 aliphatic rings. The van der Waals surface area contributed by atoms with Crippen LogP contribution in [-0.4, -0.2) is 32.6 Å². The molecule has 3 rings (SSSR count). The van der Waals surface area contributed by atoms with E-state index in [1.54, 1.807) is 24.4 Å². The summed E-state index contributed by atoms with van der Waals surface area (Å²) in [5, 5.41) is 11.8. The highest BCUT2D eigenvalue weighted by Gasteiger charge is 2.41. The van der Waals surface area contributed by atoms with Gasteiger partial charge in [0, 0.05) is 25.0 Å². The Labute approximate surface area is 169 Å².